The fourth-order valence-electron chi connectivity index (χ4n) is 3.10. The third kappa shape index (κ3) is 3.47. The molecule has 0 fully saturated rings. The van der Waals surface area contributed by atoms with Gasteiger partial charge in [0, 0.05) is 30.1 Å². The number of carbonyl (C=O) groups is 1. The summed E-state index contributed by atoms with van der Waals surface area (Å²) in [4.78, 5) is 14.6. The topological polar surface area (TPSA) is 60.0 Å². The fourth-order valence-corrected chi connectivity index (χ4v) is 3.10. The summed E-state index contributed by atoms with van der Waals surface area (Å²) in [5.74, 6) is 1.41. The third-order valence-corrected chi connectivity index (χ3v) is 4.27. The van der Waals surface area contributed by atoms with Gasteiger partial charge in [0.05, 0.1) is 27.9 Å². The minimum Gasteiger partial charge on any atom is -0.493 e. The third-order valence-electron chi connectivity index (χ3n) is 4.27. The summed E-state index contributed by atoms with van der Waals surface area (Å²) in [6.45, 7) is 1.15. The molecule has 6 heteroatoms. The maximum atomic E-state index is 12.5. The number of hydrogen-bond donors (Lipinski definition) is 1. The molecule has 0 aliphatic carbocycles. The molecule has 0 saturated carbocycles. The van der Waals surface area contributed by atoms with Crippen molar-refractivity contribution in [1.82, 2.24) is 0 Å². The van der Waals surface area contributed by atoms with Gasteiger partial charge in [-0.3, -0.25) is 4.79 Å². The van der Waals surface area contributed by atoms with E-state index in [0.717, 1.165) is 18.7 Å². The molecule has 132 valence electrons. The average Bonchev–Trinajstić information content (AvgIpc) is 3.03. The molecule has 0 saturated heterocycles. The van der Waals surface area contributed by atoms with Gasteiger partial charge in [-0.2, -0.15) is 0 Å². The van der Waals surface area contributed by atoms with Crippen LogP contribution in [0.15, 0.2) is 36.4 Å². The number of hydrogen-bond acceptors (Lipinski definition) is 5. The maximum absolute atomic E-state index is 12.5. The fraction of sp³-hybridized carbons (Fsp3) is 0.316. The van der Waals surface area contributed by atoms with E-state index in [4.69, 9.17) is 14.2 Å². The molecule has 6 nitrogen and oxygen atoms in total. The van der Waals surface area contributed by atoms with Gasteiger partial charge in [-0.25, -0.2) is 0 Å². The van der Waals surface area contributed by atoms with Crippen molar-refractivity contribution in [3.8, 4) is 17.2 Å². The van der Waals surface area contributed by atoms with Gasteiger partial charge in [-0.1, -0.05) is 18.2 Å². The molecule has 1 aliphatic rings. The highest BCUT2D eigenvalue weighted by atomic mass is 16.5. The summed E-state index contributed by atoms with van der Waals surface area (Å²) in [5, 5.41) is 2.90. The molecular formula is C19H22N2O4. The van der Waals surface area contributed by atoms with Crippen molar-refractivity contribution in [2.75, 3.05) is 44.6 Å². The minimum absolute atomic E-state index is 0.0917. The number of nitrogens with zero attached hydrogens (tertiary/aromatic N) is 1. The van der Waals surface area contributed by atoms with Crippen LogP contribution in [-0.4, -0.2) is 40.3 Å². The number of carbonyl (C=O) groups excluding carboxylic acids is 1. The highest BCUT2D eigenvalue weighted by molar-refractivity contribution is 5.95. The summed E-state index contributed by atoms with van der Waals surface area (Å²) in [6, 6.07) is 11.6. The summed E-state index contributed by atoms with van der Waals surface area (Å²) in [6.07, 6.45) is 0.966. The number of para-hydroxylation sites is 1. The zero-order valence-electron chi connectivity index (χ0n) is 14.7. The molecule has 0 spiro atoms. The highest BCUT2D eigenvalue weighted by Crippen LogP contribution is 2.40. The van der Waals surface area contributed by atoms with E-state index >= 15 is 0 Å². The molecule has 0 aromatic heterocycles. The smallest absolute Gasteiger partial charge is 0.243 e. The van der Waals surface area contributed by atoms with Crippen molar-refractivity contribution < 1.29 is 19.0 Å². The number of ether oxygens (including phenoxy) is 3. The van der Waals surface area contributed by atoms with Gasteiger partial charge in [-0.05, 0) is 18.1 Å². The predicted octanol–water partition coefficient (Wildman–Crippen LogP) is 2.71. The Kier molecular flexibility index (Phi) is 4.97. The molecule has 1 heterocycles. The van der Waals surface area contributed by atoms with Crippen LogP contribution >= 0.6 is 0 Å². The Labute approximate surface area is 147 Å². The second kappa shape index (κ2) is 7.34. The molecule has 1 amide bonds. The van der Waals surface area contributed by atoms with Crippen LogP contribution in [0.25, 0.3) is 0 Å². The second-order valence-corrected chi connectivity index (χ2v) is 5.76. The molecule has 1 N–H and O–H groups in total. The van der Waals surface area contributed by atoms with Gasteiger partial charge in [0.15, 0.2) is 11.5 Å². The van der Waals surface area contributed by atoms with Crippen LogP contribution in [0.4, 0.5) is 11.4 Å². The lowest BCUT2D eigenvalue weighted by Gasteiger charge is -2.19. The van der Waals surface area contributed by atoms with E-state index in [1.807, 2.05) is 12.1 Å². The molecule has 0 atom stereocenters. The number of amides is 1. The molecule has 3 rings (SSSR count). The zero-order valence-corrected chi connectivity index (χ0v) is 14.7. The van der Waals surface area contributed by atoms with E-state index in [1.54, 1.807) is 33.5 Å². The molecule has 0 radical (unpaired) electrons. The van der Waals surface area contributed by atoms with Crippen molar-refractivity contribution >= 4 is 17.3 Å². The Morgan fingerprint density at radius 2 is 1.76 bits per heavy atom. The normalized spacial score (nSPS) is 12.5. The Morgan fingerprint density at radius 3 is 2.40 bits per heavy atom. The molecule has 1 aliphatic heterocycles. The molecule has 25 heavy (non-hydrogen) atoms. The van der Waals surface area contributed by atoms with Crippen LogP contribution in [0.3, 0.4) is 0 Å². The van der Waals surface area contributed by atoms with Crippen LogP contribution in [0.1, 0.15) is 5.56 Å². The summed E-state index contributed by atoms with van der Waals surface area (Å²) >= 11 is 0. The van der Waals surface area contributed by atoms with Gasteiger partial charge >= 0.3 is 0 Å². The second-order valence-electron chi connectivity index (χ2n) is 5.76. The van der Waals surface area contributed by atoms with Crippen LogP contribution in [0.2, 0.25) is 0 Å². The lowest BCUT2D eigenvalue weighted by Crippen LogP contribution is -2.31. The number of anilines is 2. The number of nitrogens with one attached hydrogen (secondary N) is 1. The first-order valence-corrected chi connectivity index (χ1v) is 8.09. The van der Waals surface area contributed by atoms with Gasteiger partial charge in [0.25, 0.3) is 0 Å². The lowest BCUT2D eigenvalue weighted by molar-refractivity contribution is -0.115. The predicted molar refractivity (Wildman–Crippen MR) is 97.1 cm³/mol. The summed E-state index contributed by atoms with van der Waals surface area (Å²) in [5.41, 5.74) is 3.01. The van der Waals surface area contributed by atoms with Gasteiger partial charge < -0.3 is 24.4 Å². The van der Waals surface area contributed by atoms with Gasteiger partial charge in [-0.15, -0.1) is 0 Å². The summed E-state index contributed by atoms with van der Waals surface area (Å²) in [7, 11) is 4.64. The largest absolute Gasteiger partial charge is 0.493 e. The van der Waals surface area contributed by atoms with Crippen LogP contribution in [0.5, 0.6) is 17.2 Å². The van der Waals surface area contributed by atoms with Gasteiger partial charge in [0.2, 0.25) is 11.7 Å². The average molecular weight is 342 g/mol. The summed E-state index contributed by atoms with van der Waals surface area (Å²) < 4.78 is 15.9. The zero-order chi connectivity index (χ0) is 17.8. The van der Waals surface area contributed by atoms with Crippen molar-refractivity contribution in [2.45, 2.75) is 6.42 Å². The standard InChI is InChI=1S/C19H22N2O4/c1-23-16-10-14(11-17(24-2)19(16)25-3)20-18(22)12-21-9-8-13-6-4-5-7-15(13)21/h4-7,10-11H,8-9,12H2,1-3H3,(H,20,22). The van der Waals surface area contributed by atoms with Crippen LogP contribution < -0.4 is 24.4 Å². The van der Waals surface area contributed by atoms with Crippen molar-refractivity contribution in [3.63, 3.8) is 0 Å². The Hall–Kier alpha value is -2.89. The van der Waals surface area contributed by atoms with Crippen molar-refractivity contribution in [3.05, 3.63) is 42.0 Å². The molecule has 2 aromatic rings. The quantitative estimate of drug-likeness (QED) is 0.875. The molecule has 0 bridgehead atoms. The van der Waals surface area contributed by atoms with Crippen molar-refractivity contribution in [1.29, 1.82) is 0 Å². The van der Waals surface area contributed by atoms with E-state index in [1.165, 1.54) is 5.56 Å². The Morgan fingerprint density at radius 1 is 1.08 bits per heavy atom. The van der Waals surface area contributed by atoms with E-state index in [-0.39, 0.29) is 5.91 Å². The van der Waals surface area contributed by atoms with Crippen LogP contribution in [-0.2, 0) is 11.2 Å². The van der Waals surface area contributed by atoms with Crippen molar-refractivity contribution in [2.24, 2.45) is 0 Å². The number of fused-ring (bicyclic) bond motifs is 1. The molecular weight excluding hydrogens is 320 g/mol. The maximum Gasteiger partial charge on any atom is 0.243 e. The van der Waals surface area contributed by atoms with E-state index in [0.29, 0.717) is 29.5 Å². The van der Waals surface area contributed by atoms with E-state index in [9.17, 15) is 4.79 Å². The number of rotatable bonds is 6. The molecule has 0 unspecified atom stereocenters. The van der Waals surface area contributed by atoms with E-state index < -0.39 is 0 Å². The molecule has 2 aromatic carbocycles. The monoisotopic (exact) mass is 342 g/mol. The van der Waals surface area contributed by atoms with E-state index in [2.05, 4.69) is 22.3 Å². The Balaban J connectivity index is 1.73. The highest BCUT2D eigenvalue weighted by Gasteiger charge is 2.21. The minimum atomic E-state index is -0.0917. The lowest BCUT2D eigenvalue weighted by atomic mass is 10.2. The van der Waals surface area contributed by atoms with Gasteiger partial charge in [0.1, 0.15) is 0 Å². The first-order chi connectivity index (χ1) is 12.2. The number of methoxy groups -OCH3 is 3. The number of benzene rings is 2. The first kappa shape index (κ1) is 17.0. The Bertz CT molecular complexity index is 751. The SMILES string of the molecule is COc1cc(NC(=O)CN2CCc3ccccc32)cc(OC)c1OC. The van der Waals surface area contributed by atoms with Crippen LogP contribution in [0, 0.1) is 0 Å². The first-order valence-electron chi connectivity index (χ1n) is 8.09.